The zero-order valence-electron chi connectivity index (χ0n) is 11.0. The second-order valence-electron chi connectivity index (χ2n) is 3.87. The average Bonchev–Trinajstić information content (AvgIpc) is 2.31. The van der Waals surface area contributed by atoms with Crippen LogP contribution in [0.3, 0.4) is 0 Å². The average molecular weight is 221 g/mol. The van der Waals surface area contributed by atoms with Crippen LogP contribution < -0.4 is 5.32 Å². The molecule has 0 spiro atoms. The summed E-state index contributed by atoms with van der Waals surface area (Å²) < 4.78 is 0. The molecule has 1 rings (SSSR count). The van der Waals surface area contributed by atoms with Gasteiger partial charge in [-0.05, 0) is 30.0 Å². The highest BCUT2D eigenvalue weighted by atomic mass is 16.1. The molecular formula is C14H23NO. The molecule has 0 radical (unpaired) electrons. The molecule has 0 unspecified atom stereocenters. The Bertz CT molecular complexity index is 301. The quantitative estimate of drug-likeness (QED) is 0.834. The zero-order valence-corrected chi connectivity index (χ0v) is 11.0. The van der Waals surface area contributed by atoms with Crippen molar-refractivity contribution in [2.75, 3.05) is 7.05 Å². The van der Waals surface area contributed by atoms with Crippen molar-refractivity contribution in [3.05, 3.63) is 35.4 Å². The summed E-state index contributed by atoms with van der Waals surface area (Å²) in [5.41, 5.74) is 2.01. The van der Waals surface area contributed by atoms with Crippen molar-refractivity contribution in [2.45, 2.75) is 34.1 Å². The van der Waals surface area contributed by atoms with Crippen LogP contribution in [0.5, 0.6) is 0 Å². The molecular weight excluding hydrogens is 198 g/mol. The van der Waals surface area contributed by atoms with E-state index in [1.165, 1.54) is 5.56 Å². The molecule has 2 heteroatoms. The Morgan fingerprint density at radius 1 is 1.19 bits per heavy atom. The van der Waals surface area contributed by atoms with Gasteiger partial charge in [0.05, 0.1) is 0 Å². The topological polar surface area (TPSA) is 29.1 Å². The SMILES string of the molecule is CC.CNC(=O)c1ccc(CC(C)C)cc1. The molecule has 1 N–H and O–H groups in total. The molecule has 0 saturated carbocycles. The summed E-state index contributed by atoms with van der Waals surface area (Å²) in [4.78, 5) is 11.2. The smallest absolute Gasteiger partial charge is 0.251 e. The zero-order chi connectivity index (χ0) is 12.6. The highest BCUT2D eigenvalue weighted by Gasteiger charge is 2.02. The van der Waals surface area contributed by atoms with Crippen LogP contribution in [0, 0.1) is 5.92 Å². The van der Waals surface area contributed by atoms with Gasteiger partial charge in [0.15, 0.2) is 0 Å². The lowest BCUT2D eigenvalue weighted by molar-refractivity contribution is 0.0963. The Morgan fingerprint density at radius 3 is 2.06 bits per heavy atom. The van der Waals surface area contributed by atoms with Crippen LogP contribution in [0.15, 0.2) is 24.3 Å². The maximum atomic E-state index is 11.2. The third-order valence-corrected chi connectivity index (χ3v) is 2.09. The Morgan fingerprint density at radius 2 is 1.69 bits per heavy atom. The standard InChI is InChI=1S/C12H17NO.C2H6/c1-9(2)8-10-4-6-11(7-5-10)12(14)13-3;1-2/h4-7,9H,8H2,1-3H3,(H,13,14);1-2H3. The number of amides is 1. The molecule has 90 valence electrons. The molecule has 0 atom stereocenters. The lowest BCUT2D eigenvalue weighted by atomic mass is 10.0. The van der Waals surface area contributed by atoms with Crippen LogP contribution in [-0.2, 0) is 6.42 Å². The third kappa shape index (κ3) is 4.96. The van der Waals surface area contributed by atoms with Crippen molar-refractivity contribution in [3.63, 3.8) is 0 Å². The number of rotatable bonds is 3. The van der Waals surface area contributed by atoms with Crippen molar-refractivity contribution >= 4 is 5.91 Å². The lowest BCUT2D eigenvalue weighted by Gasteiger charge is -2.05. The van der Waals surface area contributed by atoms with E-state index >= 15 is 0 Å². The fraction of sp³-hybridized carbons (Fsp3) is 0.500. The second kappa shape index (κ2) is 7.91. The van der Waals surface area contributed by atoms with E-state index in [1.54, 1.807) is 7.05 Å². The minimum absolute atomic E-state index is 0.0268. The number of hydrogen-bond acceptors (Lipinski definition) is 1. The van der Waals surface area contributed by atoms with Gasteiger partial charge in [0.25, 0.3) is 5.91 Å². The molecule has 0 aliphatic heterocycles. The summed E-state index contributed by atoms with van der Waals surface area (Å²) in [6, 6.07) is 7.78. The summed E-state index contributed by atoms with van der Waals surface area (Å²) >= 11 is 0. The van der Waals surface area contributed by atoms with E-state index in [4.69, 9.17) is 0 Å². The summed E-state index contributed by atoms with van der Waals surface area (Å²) in [6.07, 6.45) is 1.06. The van der Waals surface area contributed by atoms with E-state index in [9.17, 15) is 4.79 Å². The Kier molecular flexibility index (Phi) is 7.27. The molecule has 2 nitrogen and oxygen atoms in total. The Hall–Kier alpha value is -1.31. The van der Waals surface area contributed by atoms with Crippen molar-refractivity contribution in [3.8, 4) is 0 Å². The van der Waals surface area contributed by atoms with Gasteiger partial charge in [-0.2, -0.15) is 0 Å². The number of nitrogens with one attached hydrogen (secondary N) is 1. The van der Waals surface area contributed by atoms with Crippen LogP contribution >= 0.6 is 0 Å². The summed E-state index contributed by atoms with van der Waals surface area (Å²) in [5.74, 6) is 0.627. The largest absolute Gasteiger partial charge is 0.355 e. The van der Waals surface area contributed by atoms with Gasteiger partial charge in [-0.3, -0.25) is 4.79 Å². The summed E-state index contributed by atoms with van der Waals surface area (Å²) in [5, 5.41) is 2.60. The molecule has 0 aliphatic carbocycles. The van der Waals surface area contributed by atoms with Gasteiger partial charge in [0, 0.05) is 12.6 Å². The molecule has 0 fully saturated rings. The minimum atomic E-state index is -0.0268. The predicted molar refractivity (Wildman–Crippen MR) is 69.7 cm³/mol. The van der Waals surface area contributed by atoms with Gasteiger partial charge in [-0.15, -0.1) is 0 Å². The van der Waals surface area contributed by atoms with Gasteiger partial charge >= 0.3 is 0 Å². The molecule has 1 aromatic rings. The fourth-order valence-corrected chi connectivity index (χ4v) is 1.41. The highest BCUT2D eigenvalue weighted by Crippen LogP contribution is 2.09. The van der Waals surface area contributed by atoms with E-state index in [2.05, 4.69) is 19.2 Å². The Balaban J connectivity index is 0.00000106. The van der Waals surface area contributed by atoms with E-state index < -0.39 is 0 Å². The van der Waals surface area contributed by atoms with E-state index in [0.29, 0.717) is 5.92 Å². The predicted octanol–water partition coefficient (Wildman–Crippen LogP) is 3.27. The van der Waals surface area contributed by atoms with Crippen molar-refractivity contribution in [2.24, 2.45) is 5.92 Å². The van der Waals surface area contributed by atoms with Crippen LogP contribution in [0.4, 0.5) is 0 Å². The normalized spacial score (nSPS) is 9.38. The first-order chi connectivity index (χ1) is 7.63. The van der Waals surface area contributed by atoms with Crippen molar-refractivity contribution in [1.82, 2.24) is 5.32 Å². The van der Waals surface area contributed by atoms with E-state index in [-0.39, 0.29) is 5.91 Å². The molecule has 0 aromatic heterocycles. The van der Waals surface area contributed by atoms with Gasteiger partial charge in [-0.25, -0.2) is 0 Å². The summed E-state index contributed by atoms with van der Waals surface area (Å²) in [6.45, 7) is 8.37. The number of carbonyl (C=O) groups excluding carboxylic acids is 1. The molecule has 0 bridgehead atoms. The lowest BCUT2D eigenvalue weighted by Crippen LogP contribution is -2.17. The number of hydrogen-bond donors (Lipinski definition) is 1. The number of carbonyl (C=O) groups is 1. The van der Waals surface area contributed by atoms with Crippen molar-refractivity contribution < 1.29 is 4.79 Å². The van der Waals surface area contributed by atoms with E-state index in [0.717, 1.165) is 12.0 Å². The molecule has 0 aliphatic rings. The summed E-state index contributed by atoms with van der Waals surface area (Å²) in [7, 11) is 1.64. The molecule has 16 heavy (non-hydrogen) atoms. The molecule has 1 aromatic carbocycles. The van der Waals surface area contributed by atoms with Crippen LogP contribution in [0.1, 0.15) is 43.6 Å². The number of benzene rings is 1. The molecule has 1 amide bonds. The van der Waals surface area contributed by atoms with Gasteiger partial charge < -0.3 is 5.32 Å². The first kappa shape index (κ1) is 14.7. The highest BCUT2D eigenvalue weighted by molar-refractivity contribution is 5.93. The Labute approximate surface area is 99.1 Å². The van der Waals surface area contributed by atoms with Crippen molar-refractivity contribution in [1.29, 1.82) is 0 Å². The maximum Gasteiger partial charge on any atom is 0.251 e. The first-order valence-electron chi connectivity index (χ1n) is 5.94. The fourth-order valence-electron chi connectivity index (χ4n) is 1.41. The third-order valence-electron chi connectivity index (χ3n) is 2.09. The maximum absolute atomic E-state index is 11.2. The molecule has 0 heterocycles. The second-order valence-corrected chi connectivity index (χ2v) is 3.87. The van der Waals surface area contributed by atoms with Crippen LogP contribution in [-0.4, -0.2) is 13.0 Å². The monoisotopic (exact) mass is 221 g/mol. The van der Waals surface area contributed by atoms with Gasteiger partial charge in [-0.1, -0.05) is 39.8 Å². The van der Waals surface area contributed by atoms with Gasteiger partial charge in [0.1, 0.15) is 0 Å². The minimum Gasteiger partial charge on any atom is -0.355 e. The molecule has 0 saturated heterocycles. The van der Waals surface area contributed by atoms with Crippen LogP contribution in [0.2, 0.25) is 0 Å². The van der Waals surface area contributed by atoms with E-state index in [1.807, 2.05) is 38.1 Å². The van der Waals surface area contributed by atoms with Gasteiger partial charge in [0.2, 0.25) is 0 Å². The van der Waals surface area contributed by atoms with Crippen LogP contribution in [0.25, 0.3) is 0 Å². The first-order valence-corrected chi connectivity index (χ1v) is 5.94.